The van der Waals surface area contributed by atoms with Gasteiger partial charge in [-0.15, -0.1) is 0 Å². The number of hydrogen-bond acceptors (Lipinski definition) is 3. The lowest BCUT2D eigenvalue weighted by atomic mass is 10.0. The normalized spacial score (nSPS) is 11.2. The van der Waals surface area contributed by atoms with Crippen LogP contribution in [0.1, 0.15) is 32.7 Å². The molecule has 0 spiro atoms. The Morgan fingerprint density at radius 3 is 2.82 bits per heavy atom. The van der Waals surface area contributed by atoms with E-state index in [0.29, 0.717) is 18.6 Å². The molecule has 4 aromatic rings. The van der Waals surface area contributed by atoms with Gasteiger partial charge < -0.3 is 10.3 Å². The van der Waals surface area contributed by atoms with E-state index >= 15 is 0 Å². The Kier molecular flexibility index (Phi) is 4.47. The van der Waals surface area contributed by atoms with Gasteiger partial charge in [0.25, 0.3) is 11.5 Å². The molecule has 0 aliphatic heterocycles. The van der Waals surface area contributed by atoms with Gasteiger partial charge in [-0.2, -0.15) is 0 Å². The third-order valence-electron chi connectivity index (χ3n) is 5.34. The maximum atomic E-state index is 12.5. The van der Waals surface area contributed by atoms with Crippen molar-refractivity contribution in [3.8, 4) is 0 Å². The molecule has 0 bridgehead atoms. The molecule has 2 N–H and O–H groups in total. The Labute approximate surface area is 162 Å². The van der Waals surface area contributed by atoms with Crippen LogP contribution in [0, 0.1) is 20.8 Å². The number of aryl methyl sites for hydroxylation is 3. The highest BCUT2D eigenvalue weighted by Gasteiger charge is 2.14. The lowest BCUT2D eigenvalue weighted by Crippen LogP contribution is -2.32. The average molecular weight is 374 g/mol. The SMILES string of the molecule is Cc1ccc2c(CCNC(=O)c3cnc4ccccn4c3=O)c(C)[nH]c2c1C. The number of aromatic nitrogens is 3. The van der Waals surface area contributed by atoms with Gasteiger partial charge in [-0.1, -0.05) is 18.2 Å². The van der Waals surface area contributed by atoms with E-state index in [1.807, 2.05) is 6.92 Å². The number of rotatable bonds is 4. The van der Waals surface area contributed by atoms with Crippen molar-refractivity contribution in [2.45, 2.75) is 27.2 Å². The summed E-state index contributed by atoms with van der Waals surface area (Å²) in [5.74, 6) is -0.403. The Morgan fingerprint density at radius 1 is 1.18 bits per heavy atom. The Morgan fingerprint density at radius 2 is 2.00 bits per heavy atom. The van der Waals surface area contributed by atoms with Crippen molar-refractivity contribution in [3.63, 3.8) is 0 Å². The number of H-pyrrole nitrogens is 1. The number of carbonyl (C=O) groups excluding carboxylic acids is 1. The molecule has 3 heterocycles. The largest absolute Gasteiger partial charge is 0.358 e. The maximum Gasteiger partial charge on any atom is 0.270 e. The van der Waals surface area contributed by atoms with Gasteiger partial charge in [0, 0.05) is 35.5 Å². The van der Waals surface area contributed by atoms with Crippen molar-refractivity contribution >= 4 is 22.5 Å². The van der Waals surface area contributed by atoms with Gasteiger partial charge in [0.05, 0.1) is 0 Å². The van der Waals surface area contributed by atoms with E-state index < -0.39 is 5.91 Å². The first-order valence-corrected chi connectivity index (χ1v) is 9.29. The molecule has 6 heteroatoms. The summed E-state index contributed by atoms with van der Waals surface area (Å²) in [6.07, 6.45) is 3.64. The summed E-state index contributed by atoms with van der Waals surface area (Å²) < 4.78 is 1.38. The first-order valence-electron chi connectivity index (χ1n) is 9.29. The summed E-state index contributed by atoms with van der Waals surface area (Å²) in [5, 5.41) is 4.04. The summed E-state index contributed by atoms with van der Waals surface area (Å²) >= 11 is 0. The number of benzene rings is 1. The van der Waals surface area contributed by atoms with Crippen LogP contribution in [-0.4, -0.2) is 26.8 Å². The zero-order valence-corrected chi connectivity index (χ0v) is 16.2. The van der Waals surface area contributed by atoms with Crippen molar-refractivity contribution in [3.05, 3.63) is 81.0 Å². The van der Waals surface area contributed by atoms with Crippen LogP contribution in [0.15, 0.2) is 47.5 Å². The molecule has 1 amide bonds. The smallest absolute Gasteiger partial charge is 0.270 e. The quantitative estimate of drug-likeness (QED) is 0.576. The maximum absolute atomic E-state index is 12.5. The van der Waals surface area contributed by atoms with Crippen LogP contribution in [0.3, 0.4) is 0 Å². The van der Waals surface area contributed by atoms with E-state index in [1.54, 1.807) is 24.4 Å². The van der Waals surface area contributed by atoms with Gasteiger partial charge in [0.15, 0.2) is 0 Å². The minimum atomic E-state index is -0.403. The predicted molar refractivity (Wildman–Crippen MR) is 110 cm³/mol. The standard InChI is InChI=1S/C22H22N4O2/c1-13-7-8-17-16(15(3)25-20(17)14(13)2)9-10-23-21(27)18-12-24-19-6-4-5-11-26(19)22(18)28/h4-8,11-12,25H,9-10H2,1-3H3,(H,23,27). The third kappa shape index (κ3) is 2.97. The number of carbonyl (C=O) groups is 1. The Bertz CT molecular complexity index is 1270. The second kappa shape index (κ2) is 6.96. The minimum absolute atomic E-state index is 0.0471. The summed E-state index contributed by atoms with van der Waals surface area (Å²) in [6.45, 7) is 6.70. The second-order valence-electron chi connectivity index (χ2n) is 7.07. The number of aromatic amines is 1. The zero-order chi connectivity index (χ0) is 19.8. The predicted octanol–water partition coefficient (Wildman–Crippen LogP) is 3.07. The number of pyridine rings is 1. The molecule has 3 aromatic heterocycles. The summed E-state index contributed by atoms with van der Waals surface area (Å²) in [7, 11) is 0. The average Bonchev–Trinajstić information content (AvgIpc) is 3.01. The van der Waals surface area contributed by atoms with Crippen LogP contribution in [-0.2, 0) is 6.42 Å². The molecule has 0 aliphatic rings. The molecule has 4 rings (SSSR count). The van der Waals surface area contributed by atoms with Crippen molar-refractivity contribution in [2.75, 3.05) is 6.54 Å². The van der Waals surface area contributed by atoms with Gasteiger partial charge in [-0.05, 0) is 56.0 Å². The Balaban J connectivity index is 1.53. The first kappa shape index (κ1) is 18.0. The van der Waals surface area contributed by atoms with Crippen molar-refractivity contribution in [2.24, 2.45) is 0 Å². The highest BCUT2D eigenvalue weighted by atomic mass is 16.2. The Hall–Kier alpha value is -3.41. The highest BCUT2D eigenvalue weighted by molar-refractivity contribution is 5.94. The fourth-order valence-electron chi connectivity index (χ4n) is 3.59. The monoisotopic (exact) mass is 374 g/mol. The molecule has 1 aromatic carbocycles. The zero-order valence-electron chi connectivity index (χ0n) is 16.2. The summed E-state index contributed by atoms with van der Waals surface area (Å²) in [5.41, 5.74) is 6.13. The van der Waals surface area contributed by atoms with Gasteiger partial charge in [0.2, 0.25) is 0 Å². The van der Waals surface area contributed by atoms with E-state index in [4.69, 9.17) is 0 Å². The van der Waals surface area contributed by atoms with E-state index in [2.05, 4.69) is 41.3 Å². The molecular formula is C22H22N4O2. The van der Waals surface area contributed by atoms with Gasteiger partial charge in [-0.25, -0.2) is 4.98 Å². The summed E-state index contributed by atoms with van der Waals surface area (Å²) in [6, 6.07) is 9.51. The molecule has 0 saturated heterocycles. The number of amides is 1. The van der Waals surface area contributed by atoms with Crippen LogP contribution in [0.4, 0.5) is 0 Å². The van der Waals surface area contributed by atoms with Crippen molar-refractivity contribution in [1.29, 1.82) is 0 Å². The number of nitrogens with one attached hydrogen (secondary N) is 2. The van der Waals surface area contributed by atoms with Crippen LogP contribution in [0.25, 0.3) is 16.6 Å². The van der Waals surface area contributed by atoms with Crippen LogP contribution >= 0.6 is 0 Å². The van der Waals surface area contributed by atoms with E-state index in [0.717, 1.165) is 11.2 Å². The molecule has 0 saturated carbocycles. The third-order valence-corrected chi connectivity index (χ3v) is 5.34. The molecule has 6 nitrogen and oxygen atoms in total. The molecular weight excluding hydrogens is 352 g/mol. The van der Waals surface area contributed by atoms with Crippen LogP contribution in [0.2, 0.25) is 0 Å². The van der Waals surface area contributed by atoms with Crippen LogP contribution < -0.4 is 10.9 Å². The lowest BCUT2D eigenvalue weighted by Gasteiger charge is -2.07. The van der Waals surface area contributed by atoms with Gasteiger partial charge in [-0.3, -0.25) is 14.0 Å². The van der Waals surface area contributed by atoms with Crippen molar-refractivity contribution < 1.29 is 4.79 Å². The fourth-order valence-corrected chi connectivity index (χ4v) is 3.59. The number of hydrogen-bond donors (Lipinski definition) is 2. The molecule has 0 atom stereocenters. The molecule has 0 aliphatic carbocycles. The summed E-state index contributed by atoms with van der Waals surface area (Å²) in [4.78, 5) is 32.7. The lowest BCUT2D eigenvalue weighted by molar-refractivity contribution is 0.0952. The number of nitrogens with zero attached hydrogens (tertiary/aromatic N) is 2. The molecule has 0 fully saturated rings. The molecule has 0 unspecified atom stereocenters. The van der Waals surface area contributed by atoms with E-state index in [9.17, 15) is 9.59 Å². The molecule has 0 radical (unpaired) electrons. The van der Waals surface area contributed by atoms with Gasteiger partial charge in [0.1, 0.15) is 11.2 Å². The minimum Gasteiger partial charge on any atom is -0.358 e. The van der Waals surface area contributed by atoms with E-state index in [-0.39, 0.29) is 11.1 Å². The highest BCUT2D eigenvalue weighted by Crippen LogP contribution is 2.26. The van der Waals surface area contributed by atoms with Gasteiger partial charge >= 0.3 is 0 Å². The fraction of sp³-hybridized carbons (Fsp3) is 0.227. The number of fused-ring (bicyclic) bond motifs is 2. The van der Waals surface area contributed by atoms with Crippen molar-refractivity contribution in [1.82, 2.24) is 19.7 Å². The molecule has 142 valence electrons. The van der Waals surface area contributed by atoms with E-state index in [1.165, 1.54) is 32.7 Å². The van der Waals surface area contributed by atoms with Crippen LogP contribution in [0.5, 0.6) is 0 Å². The second-order valence-corrected chi connectivity index (χ2v) is 7.07. The first-order chi connectivity index (χ1) is 13.5. The molecule has 28 heavy (non-hydrogen) atoms. The topological polar surface area (TPSA) is 79.3 Å².